The quantitative estimate of drug-likeness (QED) is 0.774. The van der Waals surface area contributed by atoms with Gasteiger partial charge in [-0.3, -0.25) is 0 Å². The summed E-state index contributed by atoms with van der Waals surface area (Å²) in [5.74, 6) is 0.860. The number of hydrogen-bond acceptors (Lipinski definition) is 2. The van der Waals surface area contributed by atoms with Crippen molar-refractivity contribution in [1.29, 1.82) is 5.26 Å². The smallest absolute Gasteiger partial charge is 0.123 e. The average molecular weight is 229 g/mol. The van der Waals surface area contributed by atoms with Crippen LogP contribution in [0.3, 0.4) is 0 Å². The Morgan fingerprint density at radius 3 is 2.53 bits per heavy atom. The molecular formula is C15H19NO. The number of aryl methyl sites for hydroxylation is 1. The Bertz CT molecular complexity index is 439. The summed E-state index contributed by atoms with van der Waals surface area (Å²) in [6.45, 7) is 2.07. The maximum Gasteiger partial charge on any atom is 0.123 e. The summed E-state index contributed by atoms with van der Waals surface area (Å²) in [5, 5.41) is 9.60. The Kier molecular flexibility index (Phi) is 3.38. The van der Waals surface area contributed by atoms with Crippen molar-refractivity contribution < 1.29 is 4.74 Å². The van der Waals surface area contributed by atoms with Gasteiger partial charge >= 0.3 is 0 Å². The van der Waals surface area contributed by atoms with Crippen LogP contribution in [0.1, 0.15) is 43.2 Å². The molecule has 2 rings (SSSR count). The van der Waals surface area contributed by atoms with Crippen LogP contribution >= 0.6 is 0 Å². The molecule has 0 saturated heterocycles. The van der Waals surface area contributed by atoms with Gasteiger partial charge in [-0.05, 0) is 25.8 Å². The largest absolute Gasteiger partial charge is 0.496 e. The van der Waals surface area contributed by atoms with Crippen LogP contribution in [0.5, 0.6) is 5.75 Å². The van der Waals surface area contributed by atoms with Gasteiger partial charge < -0.3 is 4.74 Å². The molecule has 2 nitrogen and oxygen atoms in total. The van der Waals surface area contributed by atoms with Gasteiger partial charge in [0.05, 0.1) is 18.6 Å². The standard InChI is InChI=1S/C15H19NO/c1-12-6-7-14(17-2)13(10-12)15(11-16)8-4-3-5-9-15/h6-7,10H,3-5,8-9H2,1-2H3. The van der Waals surface area contributed by atoms with Crippen LogP contribution in [-0.2, 0) is 5.41 Å². The molecule has 1 saturated carbocycles. The molecule has 0 bridgehead atoms. The highest BCUT2D eigenvalue weighted by Crippen LogP contribution is 2.43. The van der Waals surface area contributed by atoms with Crippen LogP contribution in [0.15, 0.2) is 18.2 Å². The van der Waals surface area contributed by atoms with Gasteiger partial charge in [0.25, 0.3) is 0 Å². The molecule has 1 fully saturated rings. The van der Waals surface area contributed by atoms with E-state index in [0.29, 0.717) is 0 Å². The molecule has 1 aliphatic carbocycles. The van der Waals surface area contributed by atoms with Gasteiger partial charge in [0, 0.05) is 5.56 Å². The zero-order valence-electron chi connectivity index (χ0n) is 10.6. The first kappa shape index (κ1) is 12.0. The Morgan fingerprint density at radius 1 is 1.24 bits per heavy atom. The van der Waals surface area contributed by atoms with Gasteiger partial charge in [-0.2, -0.15) is 5.26 Å². The highest BCUT2D eigenvalue weighted by Gasteiger charge is 2.36. The number of ether oxygens (including phenoxy) is 1. The van der Waals surface area contributed by atoms with E-state index in [-0.39, 0.29) is 5.41 Å². The number of rotatable bonds is 2. The van der Waals surface area contributed by atoms with Crippen LogP contribution in [0.4, 0.5) is 0 Å². The maximum absolute atomic E-state index is 9.60. The lowest BCUT2D eigenvalue weighted by atomic mass is 9.70. The number of nitriles is 1. The van der Waals surface area contributed by atoms with Gasteiger partial charge in [0.2, 0.25) is 0 Å². The minimum atomic E-state index is -0.324. The molecule has 0 spiro atoms. The van der Waals surface area contributed by atoms with Crippen molar-refractivity contribution in [3.05, 3.63) is 29.3 Å². The second kappa shape index (κ2) is 4.79. The van der Waals surface area contributed by atoms with Gasteiger partial charge in [0.15, 0.2) is 0 Å². The van der Waals surface area contributed by atoms with Crippen molar-refractivity contribution in [2.24, 2.45) is 0 Å². The lowest BCUT2D eigenvalue weighted by Crippen LogP contribution is -2.27. The van der Waals surface area contributed by atoms with E-state index in [4.69, 9.17) is 4.74 Å². The zero-order valence-corrected chi connectivity index (χ0v) is 10.6. The molecule has 0 atom stereocenters. The van der Waals surface area contributed by atoms with Crippen molar-refractivity contribution >= 4 is 0 Å². The molecule has 0 aliphatic heterocycles. The molecule has 0 heterocycles. The third-order valence-corrected chi connectivity index (χ3v) is 3.79. The zero-order chi connectivity index (χ0) is 12.3. The Labute approximate surface area is 103 Å². The summed E-state index contributed by atoms with van der Waals surface area (Å²) in [5.41, 5.74) is 1.96. The first-order chi connectivity index (χ1) is 8.22. The van der Waals surface area contributed by atoms with E-state index in [0.717, 1.165) is 37.0 Å². The molecule has 2 heteroatoms. The monoisotopic (exact) mass is 229 g/mol. The van der Waals surface area contributed by atoms with E-state index in [2.05, 4.69) is 19.1 Å². The Balaban J connectivity index is 2.49. The van der Waals surface area contributed by atoms with E-state index < -0.39 is 0 Å². The summed E-state index contributed by atoms with van der Waals surface area (Å²) in [4.78, 5) is 0. The third kappa shape index (κ3) is 2.15. The number of benzene rings is 1. The fraction of sp³-hybridized carbons (Fsp3) is 0.533. The molecule has 1 aromatic carbocycles. The highest BCUT2D eigenvalue weighted by atomic mass is 16.5. The summed E-state index contributed by atoms with van der Waals surface area (Å²) in [6, 6.07) is 8.70. The first-order valence-corrected chi connectivity index (χ1v) is 6.28. The van der Waals surface area contributed by atoms with E-state index in [1.54, 1.807) is 7.11 Å². The molecule has 90 valence electrons. The first-order valence-electron chi connectivity index (χ1n) is 6.28. The van der Waals surface area contributed by atoms with Crippen molar-refractivity contribution in [2.45, 2.75) is 44.4 Å². The maximum atomic E-state index is 9.60. The summed E-state index contributed by atoms with van der Waals surface area (Å²) < 4.78 is 5.43. The molecule has 0 aromatic heterocycles. The molecule has 1 aliphatic rings. The van der Waals surface area contributed by atoms with Crippen molar-refractivity contribution in [3.8, 4) is 11.8 Å². The Hall–Kier alpha value is -1.49. The molecular weight excluding hydrogens is 210 g/mol. The predicted molar refractivity (Wildman–Crippen MR) is 68.1 cm³/mol. The van der Waals surface area contributed by atoms with Gasteiger partial charge in [-0.15, -0.1) is 0 Å². The van der Waals surface area contributed by atoms with Crippen LogP contribution in [-0.4, -0.2) is 7.11 Å². The SMILES string of the molecule is COc1ccc(C)cc1C1(C#N)CCCCC1. The molecule has 1 aromatic rings. The lowest BCUT2D eigenvalue weighted by Gasteiger charge is -2.32. The topological polar surface area (TPSA) is 33.0 Å². The van der Waals surface area contributed by atoms with Crippen LogP contribution < -0.4 is 4.74 Å². The van der Waals surface area contributed by atoms with Gasteiger partial charge in [-0.25, -0.2) is 0 Å². The van der Waals surface area contributed by atoms with Crippen LogP contribution in [0.2, 0.25) is 0 Å². The Morgan fingerprint density at radius 2 is 1.94 bits per heavy atom. The van der Waals surface area contributed by atoms with Crippen molar-refractivity contribution in [3.63, 3.8) is 0 Å². The van der Waals surface area contributed by atoms with Gasteiger partial charge in [-0.1, -0.05) is 37.0 Å². The molecule has 0 N–H and O–H groups in total. The van der Waals surface area contributed by atoms with Gasteiger partial charge in [0.1, 0.15) is 5.75 Å². The second-order valence-corrected chi connectivity index (χ2v) is 4.96. The number of methoxy groups -OCH3 is 1. The van der Waals surface area contributed by atoms with Crippen molar-refractivity contribution in [2.75, 3.05) is 7.11 Å². The summed E-state index contributed by atoms with van der Waals surface area (Å²) >= 11 is 0. The predicted octanol–water partition coefficient (Wildman–Crippen LogP) is 3.73. The number of nitrogens with zero attached hydrogens (tertiary/aromatic N) is 1. The fourth-order valence-corrected chi connectivity index (χ4v) is 2.79. The fourth-order valence-electron chi connectivity index (χ4n) is 2.79. The van der Waals surface area contributed by atoms with E-state index >= 15 is 0 Å². The lowest BCUT2D eigenvalue weighted by molar-refractivity contribution is 0.342. The normalized spacial score (nSPS) is 18.4. The molecule has 0 unspecified atom stereocenters. The minimum Gasteiger partial charge on any atom is -0.496 e. The summed E-state index contributed by atoms with van der Waals surface area (Å²) in [6.07, 6.45) is 5.46. The van der Waals surface area contributed by atoms with Crippen molar-refractivity contribution in [1.82, 2.24) is 0 Å². The second-order valence-electron chi connectivity index (χ2n) is 4.96. The summed E-state index contributed by atoms with van der Waals surface area (Å²) in [7, 11) is 1.68. The molecule has 0 amide bonds. The highest BCUT2D eigenvalue weighted by molar-refractivity contribution is 5.46. The third-order valence-electron chi connectivity index (χ3n) is 3.79. The van der Waals surface area contributed by atoms with E-state index in [1.165, 1.54) is 12.0 Å². The molecule has 0 radical (unpaired) electrons. The van der Waals surface area contributed by atoms with Crippen LogP contribution in [0, 0.1) is 18.3 Å². The van der Waals surface area contributed by atoms with E-state index in [1.807, 2.05) is 12.1 Å². The minimum absolute atomic E-state index is 0.324. The molecule has 17 heavy (non-hydrogen) atoms. The van der Waals surface area contributed by atoms with Crippen LogP contribution in [0.25, 0.3) is 0 Å². The number of hydrogen-bond donors (Lipinski definition) is 0. The average Bonchev–Trinajstić information content (AvgIpc) is 2.39. The van der Waals surface area contributed by atoms with E-state index in [9.17, 15) is 5.26 Å².